The van der Waals surface area contributed by atoms with Crippen molar-refractivity contribution in [2.75, 3.05) is 26.8 Å². The quantitative estimate of drug-likeness (QED) is 0.655. The third kappa shape index (κ3) is 4.61. The first kappa shape index (κ1) is 21.6. The number of aromatic amines is 1. The molecule has 1 amide bonds. The van der Waals surface area contributed by atoms with E-state index in [0.717, 1.165) is 53.9 Å². The Labute approximate surface area is 193 Å². The van der Waals surface area contributed by atoms with Crippen LogP contribution in [0.1, 0.15) is 59.2 Å². The molecule has 1 saturated heterocycles. The number of carbonyl (C=O) groups is 1. The minimum absolute atomic E-state index is 0.0294. The van der Waals surface area contributed by atoms with E-state index >= 15 is 0 Å². The molecule has 8 nitrogen and oxygen atoms in total. The SMILES string of the molecule is COc1cccc(-c2cncc([C@H]3CN(C(=O)c4n[nH]c5c4CCCCCC5)CCO3)n2)c1. The van der Waals surface area contributed by atoms with Crippen LogP contribution < -0.4 is 4.74 Å². The van der Waals surface area contributed by atoms with Crippen molar-refractivity contribution in [3.05, 3.63) is 59.3 Å². The van der Waals surface area contributed by atoms with Gasteiger partial charge in [-0.15, -0.1) is 0 Å². The molecule has 33 heavy (non-hydrogen) atoms. The highest BCUT2D eigenvalue weighted by Gasteiger charge is 2.30. The largest absolute Gasteiger partial charge is 0.497 e. The first-order chi connectivity index (χ1) is 16.2. The van der Waals surface area contributed by atoms with Gasteiger partial charge in [0.05, 0.1) is 44.0 Å². The number of hydrogen-bond donors (Lipinski definition) is 1. The molecule has 5 rings (SSSR count). The number of aryl methyl sites for hydroxylation is 1. The van der Waals surface area contributed by atoms with E-state index in [-0.39, 0.29) is 12.0 Å². The summed E-state index contributed by atoms with van der Waals surface area (Å²) in [5, 5.41) is 7.56. The van der Waals surface area contributed by atoms with E-state index in [0.29, 0.717) is 31.1 Å². The third-order valence-electron chi connectivity index (χ3n) is 6.46. The third-order valence-corrected chi connectivity index (χ3v) is 6.46. The second kappa shape index (κ2) is 9.70. The zero-order chi connectivity index (χ0) is 22.6. The molecular weight excluding hydrogens is 418 g/mol. The zero-order valence-electron chi connectivity index (χ0n) is 18.9. The van der Waals surface area contributed by atoms with Gasteiger partial charge in [0.15, 0.2) is 5.69 Å². The van der Waals surface area contributed by atoms with Crippen LogP contribution in [0.25, 0.3) is 11.3 Å². The number of rotatable bonds is 4. The Balaban J connectivity index is 1.35. The average molecular weight is 448 g/mol. The van der Waals surface area contributed by atoms with E-state index in [2.05, 4.69) is 15.2 Å². The molecule has 8 heteroatoms. The minimum atomic E-state index is -0.332. The van der Waals surface area contributed by atoms with Gasteiger partial charge >= 0.3 is 0 Å². The maximum atomic E-state index is 13.4. The summed E-state index contributed by atoms with van der Waals surface area (Å²) in [6.07, 6.45) is 9.68. The number of hydrogen-bond acceptors (Lipinski definition) is 6. The fourth-order valence-corrected chi connectivity index (χ4v) is 4.63. The first-order valence-corrected chi connectivity index (χ1v) is 11.7. The van der Waals surface area contributed by atoms with E-state index in [1.807, 2.05) is 29.2 Å². The molecule has 1 fully saturated rings. The predicted molar refractivity (Wildman–Crippen MR) is 123 cm³/mol. The number of amides is 1. The van der Waals surface area contributed by atoms with Crippen molar-refractivity contribution in [2.24, 2.45) is 0 Å². The first-order valence-electron chi connectivity index (χ1n) is 11.7. The van der Waals surface area contributed by atoms with Crippen LogP contribution in [0.15, 0.2) is 36.7 Å². The van der Waals surface area contributed by atoms with Crippen molar-refractivity contribution >= 4 is 5.91 Å². The fourth-order valence-electron chi connectivity index (χ4n) is 4.63. The maximum Gasteiger partial charge on any atom is 0.274 e. The highest BCUT2D eigenvalue weighted by Crippen LogP contribution is 2.27. The van der Waals surface area contributed by atoms with Crippen LogP contribution in [-0.2, 0) is 17.6 Å². The zero-order valence-corrected chi connectivity index (χ0v) is 18.9. The van der Waals surface area contributed by atoms with Crippen molar-refractivity contribution in [1.82, 2.24) is 25.1 Å². The standard InChI is InChI=1S/C25H29N5O3/c1-32-18-8-6-7-17(13-18)21-14-26-15-22(27-21)23-16-30(11-12-33-23)25(31)24-19-9-4-2-3-5-10-20(19)28-29-24/h6-8,13-15,23H,2-5,9-12,16H2,1H3,(H,28,29)/t23-/m1/s1. The van der Waals surface area contributed by atoms with Crippen LogP contribution in [0.5, 0.6) is 5.75 Å². The minimum Gasteiger partial charge on any atom is -0.497 e. The Hall–Kier alpha value is -3.26. The van der Waals surface area contributed by atoms with Crippen LogP contribution >= 0.6 is 0 Å². The lowest BCUT2D eigenvalue weighted by atomic mass is 9.96. The lowest BCUT2D eigenvalue weighted by Crippen LogP contribution is -2.43. The van der Waals surface area contributed by atoms with Crippen LogP contribution in [0.4, 0.5) is 0 Å². The van der Waals surface area contributed by atoms with Crippen molar-refractivity contribution in [3.63, 3.8) is 0 Å². The molecule has 0 saturated carbocycles. The lowest BCUT2D eigenvalue weighted by molar-refractivity contribution is -0.0250. The number of methoxy groups -OCH3 is 1. The molecule has 0 unspecified atom stereocenters. The predicted octanol–water partition coefficient (Wildman–Crippen LogP) is 3.75. The van der Waals surface area contributed by atoms with Gasteiger partial charge in [0.25, 0.3) is 5.91 Å². The monoisotopic (exact) mass is 447 g/mol. The Morgan fingerprint density at radius 3 is 2.94 bits per heavy atom. The van der Waals surface area contributed by atoms with Gasteiger partial charge in [0, 0.05) is 23.4 Å². The van der Waals surface area contributed by atoms with Gasteiger partial charge in [0.1, 0.15) is 11.9 Å². The maximum absolute atomic E-state index is 13.4. The molecule has 1 N–H and O–H groups in total. The van der Waals surface area contributed by atoms with E-state index in [1.54, 1.807) is 19.5 Å². The highest BCUT2D eigenvalue weighted by atomic mass is 16.5. The van der Waals surface area contributed by atoms with Gasteiger partial charge in [-0.2, -0.15) is 5.10 Å². The smallest absolute Gasteiger partial charge is 0.274 e. The van der Waals surface area contributed by atoms with Gasteiger partial charge in [0.2, 0.25) is 0 Å². The summed E-state index contributed by atoms with van der Waals surface area (Å²) in [5.74, 6) is 0.734. The Kier molecular flexibility index (Phi) is 6.35. The summed E-state index contributed by atoms with van der Waals surface area (Å²) < 4.78 is 11.3. The van der Waals surface area contributed by atoms with E-state index in [9.17, 15) is 4.79 Å². The molecule has 1 aliphatic carbocycles. The number of aromatic nitrogens is 4. The van der Waals surface area contributed by atoms with Crippen LogP contribution in [0.3, 0.4) is 0 Å². The normalized spacial score (nSPS) is 18.8. The van der Waals surface area contributed by atoms with Crippen LogP contribution in [0, 0.1) is 0 Å². The molecule has 3 aromatic rings. The Morgan fingerprint density at radius 2 is 2.06 bits per heavy atom. The van der Waals surface area contributed by atoms with Gasteiger partial charge in [-0.25, -0.2) is 4.98 Å². The number of nitrogens with zero attached hydrogens (tertiary/aromatic N) is 4. The van der Waals surface area contributed by atoms with E-state index in [4.69, 9.17) is 14.5 Å². The van der Waals surface area contributed by atoms with Crippen molar-refractivity contribution in [2.45, 2.75) is 44.6 Å². The fraction of sp³-hybridized carbons (Fsp3) is 0.440. The van der Waals surface area contributed by atoms with Gasteiger partial charge in [-0.05, 0) is 37.8 Å². The molecule has 3 heterocycles. The van der Waals surface area contributed by atoms with Gasteiger partial charge in [-0.1, -0.05) is 25.0 Å². The highest BCUT2D eigenvalue weighted by molar-refractivity contribution is 5.94. The molecule has 1 atom stereocenters. The second-order valence-electron chi connectivity index (χ2n) is 8.62. The van der Waals surface area contributed by atoms with Crippen LogP contribution in [-0.4, -0.2) is 57.8 Å². The summed E-state index contributed by atoms with van der Waals surface area (Å²) in [4.78, 5) is 24.4. The molecule has 0 bridgehead atoms. The molecule has 172 valence electrons. The molecule has 1 aliphatic heterocycles. The summed E-state index contributed by atoms with van der Waals surface area (Å²) in [5.41, 5.74) is 5.17. The average Bonchev–Trinajstić information content (AvgIpc) is 3.25. The summed E-state index contributed by atoms with van der Waals surface area (Å²) >= 11 is 0. The van der Waals surface area contributed by atoms with Crippen molar-refractivity contribution in [1.29, 1.82) is 0 Å². The summed E-state index contributed by atoms with van der Waals surface area (Å²) in [7, 11) is 1.64. The molecule has 0 spiro atoms. The number of carbonyl (C=O) groups excluding carboxylic acids is 1. The van der Waals surface area contributed by atoms with Gasteiger partial charge < -0.3 is 14.4 Å². The second-order valence-corrected chi connectivity index (χ2v) is 8.62. The summed E-state index contributed by atoms with van der Waals surface area (Å²) in [6.45, 7) is 1.42. The number of ether oxygens (including phenoxy) is 2. The van der Waals surface area contributed by atoms with Crippen molar-refractivity contribution < 1.29 is 14.3 Å². The van der Waals surface area contributed by atoms with Crippen LogP contribution in [0.2, 0.25) is 0 Å². The topological polar surface area (TPSA) is 93.2 Å². The summed E-state index contributed by atoms with van der Waals surface area (Å²) in [6, 6.07) is 7.72. The lowest BCUT2D eigenvalue weighted by Gasteiger charge is -2.32. The molecule has 1 aromatic carbocycles. The number of fused-ring (bicyclic) bond motifs is 1. The van der Waals surface area contributed by atoms with Gasteiger partial charge in [-0.3, -0.25) is 14.9 Å². The molecule has 2 aromatic heterocycles. The molecular formula is C25H29N5O3. The molecule has 2 aliphatic rings. The Morgan fingerprint density at radius 1 is 1.18 bits per heavy atom. The number of benzene rings is 1. The molecule has 0 radical (unpaired) electrons. The Bertz CT molecular complexity index is 1130. The van der Waals surface area contributed by atoms with E-state index in [1.165, 1.54) is 12.8 Å². The van der Waals surface area contributed by atoms with E-state index < -0.39 is 0 Å². The van der Waals surface area contributed by atoms with Crippen molar-refractivity contribution in [3.8, 4) is 17.0 Å². The number of morpholine rings is 1. The number of H-pyrrole nitrogens is 1. The number of nitrogens with one attached hydrogen (secondary N) is 1.